The number of hydrogen-bond donors (Lipinski definition) is 2. The molecule has 3 N–H and O–H groups in total. The number of thiazole rings is 1. The number of aromatic nitrogens is 3. The van der Waals surface area contributed by atoms with Gasteiger partial charge in [0.05, 0.1) is 27.6 Å². The van der Waals surface area contributed by atoms with Crippen molar-refractivity contribution in [2.45, 2.75) is 43.4 Å². The van der Waals surface area contributed by atoms with Gasteiger partial charge in [-0.05, 0) is 61.7 Å². The number of carboxylic acid groups (broad SMARTS) is 1. The quantitative estimate of drug-likeness (QED) is 0.161. The molecule has 0 saturated heterocycles. The molecule has 3 aromatic heterocycles. The first-order valence-corrected chi connectivity index (χ1v) is 16.1. The fourth-order valence-corrected chi connectivity index (χ4v) is 6.91. The summed E-state index contributed by atoms with van der Waals surface area (Å²) in [5, 5.41) is 21.9. The van der Waals surface area contributed by atoms with Gasteiger partial charge in [0.15, 0.2) is 11.5 Å². The highest BCUT2D eigenvalue weighted by atomic mass is 32.2. The highest BCUT2D eigenvalue weighted by Gasteiger charge is 2.31. The Balaban J connectivity index is 1.49. The Kier molecular flexibility index (Phi) is 7.98. The van der Waals surface area contributed by atoms with Gasteiger partial charge in [-0.15, -0.1) is 27.8 Å². The van der Waals surface area contributed by atoms with Gasteiger partial charge >= 0.3 is 5.97 Å². The molecule has 7 nitrogen and oxygen atoms in total. The predicted molar refractivity (Wildman–Crippen MR) is 163 cm³/mol. The van der Waals surface area contributed by atoms with E-state index in [0.29, 0.717) is 22.8 Å². The van der Waals surface area contributed by atoms with Gasteiger partial charge in [0.2, 0.25) is 10.0 Å². The van der Waals surface area contributed by atoms with Crippen LogP contribution < -0.4 is 5.14 Å². The summed E-state index contributed by atoms with van der Waals surface area (Å²) in [5.74, 6) is 4.95. The highest BCUT2D eigenvalue weighted by Crippen LogP contribution is 2.43. The van der Waals surface area contributed by atoms with Crippen molar-refractivity contribution in [3.8, 4) is 28.2 Å². The molecule has 1 aliphatic carbocycles. The second kappa shape index (κ2) is 11.8. The number of benzene rings is 2. The molecule has 0 bridgehead atoms. The van der Waals surface area contributed by atoms with Gasteiger partial charge in [-0.2, -0.15) is 5.10 Å². The fraction of sp³-hybridized carbons (Fsp3) is 0.194. The summed E-state index contributed by atoms with van der Waals surface area (Å²) >= 11 is 0.927. The van der Waals surface area contributed by atoms with Crippen LogP contribution in [0.4, 0.5) is 4.39 Å². The van der Waals surface area contributed by atoms with Gasteiger partial charge in [-0.1, -0.05) is 36.5 Å². The molecule has 0 radical (unpaired) electrons. The lowest BCUT2D eigenvalue weighted by molar-refractivity contribution is 0.0691. The van der Waals surface area contributed by atoms with E-state index < -0.39 is 23.1 Å². The zero-order valence-corrected chi connectivity index (χ0v) is 24.9. The summed E-state index contributed by atoms with van der Waals surface area (Å²) in [6, 6.07) is 16.4. The first-order chi connectivity index (χ1) is 20.3. The van der Waals surface area contributed by atoms with Crippen LogP contribution in [0.1, 0.15) is 67.8 Å². The van der Waals surface area contributed by atoms with Crippen LogP contribution in [0.3, 0.4) is 0 Å². The van der Waals surface area contributed by atoms with E-state index in [-0.39, 0.29) is 16.5 Å². The SMILES string of the molecule is Cc1ccc(C#Cc2cccc(-c3nn(-c4nc(C(=O)O)cs4)c(C4CCC4)c3Cc3ccc([S+](N)[O-])c(F)c3)c2)s1. The van der Waals surface area contributed by atoms with E-state index in [9.17, 15) is 18.8 Å². The van der Waals surface area contributed by atoms with E-state index >= 15 is 0 Å². The number of halogens is 1. The van der Waals surface area contributed by atoms with Crippen molar-refractivity contribution in [3.05, 3.63) is 104 Å². The minimum Gasteiger partial charge on any atom is -0.593 e. The van der Waals surface area contributed by atoms with Crippen LogP contribution in [0, 0.1) is 24.6 Å². The summed E-state index contributed by atoms with van der Waals surface area (Å²) in [6.07, 6.45) is 3.35. The van der Waals surface area contributed by atoms with Gasteiger partial charge in [0.25, 0.3) is 0 Å². The molecular formula is C31H25FN4O3S3. The summed E-state index contributed by atoms with van der Waals surface area (Å²) in [4.78, 5) is 18.1. The monoisotopic (exact) mass is 616 g/mol. The predicted octanol–water partition coefficient (Wildman–Crippen LogP) is 6.44. The first kappa shape index (κ1) is 28.3. The lowest BCUT2D eigenvalue weighted by Gasteiger charge is -2.27. The largest absolute Gasteiger partial charge is 0.593 e. The van der Waals surface area contributed by atoms with Crippen LogP contribution in [0.2, 0.25) is 0 Å². The topological polar surface area (TPSA) is 117 Å². The lowest BCUT2D eigenvalue weighted by Crippen LogP contribution is -2.16. The Morgan fingerprint density at radius 2 is 2.05 bits per heavy atom. The molecule has 5 aromatic rings. The maximum Gasteiger partial charge on any atom is 0.355 e. The van der Waals surface area contributed by atoms with E-state index in [1.807, 2.05) is 43.3 Å². The molecule has 0 aliphatic heterocycles. The van der Waals surface area contributed by atoms with Gasteiger partial charge in [-0.25, -0.2) is 18.9 Å². The molecule has 1 aliphatic rings. The molecule has 1 atom stereocenters. The summed E-state index contributed by atoms with van der Waals surface area (Å²) < 4.78 is 28.3. The van der Waals surface area contributed by atoms with Crippen molar-refractivity contribution >= 4 is 40.0 Å². The van der Waals surface area contributed by atoms with Gasteiger partial charge in [-0.3, -0.25) is 0 Å². The molecule has 42 heavy (non-hydrogen) atoms. The second-order valence-corrected chi connectivity index (χ2v) is 13.2. The highest BCUT2D eigenvalue weighted by molar-refractivity contribution is 7.89. The number of hydrogen-bond acceptors (Lipinski definition) is 7. The van der Waals surface area contributed by atoms with Crippen molar-refractivity contribution in [3.63, 3.8) is 0 Å². The molecule has 1 fully saturated rings. The van der Waals surface area contributed by atoms with Crippen LogP contribution in [0.5, 0.6) is 0 Å². The minimum absolute atomic E-state index is 0.0401. The number of aromatic carboxylic acids is 1. The smallest absolute Gasteiger partial charge is 0.355 e. The average Bonchev–Trinajstić information content (AvgIpc) is 3.66. The standard InChI is InChI=1S/C31H25FN4O3S3/c1-18-8-11-23(41-18)12-9-19-4-2-7-22(14-19)28-24(15-20-10-13-27(42(33)39)25(32)16-20)29(21-5-3-6-21)36(35-28)31-34-26(17-40-31)30(37)38/h2,4,7-8,10-11,13-14,16-17,21H,3,5-6,15,33H2,1H3,(H,37,38). The Morgan fingerprint density at radius 1 is 1.21 bits per heavy atom. The number of carbonyl (C=O) groups is 1. The van der Waals surface area contributed by atoms with Crippen molar-refractivity contribution < 1.29 is 18.8 Å². The van der Waals surface area contributed by atoms with Crippen LogP contribution in [-0.2, 0) is 17.8 Å². The van der Waals surface area contributed by atoms with Crippen molar-refractivity contribution in [2.24, 2.45) is 5.14 Å². The fourth-order valence-electron chi connectivity index (χ4n) is 4.98. The maximum atomic E-state index is 14.8. The van der Waals surface area contributed by atoms with Crippen LogP contribution in [0.25, 0.3) is 16.4 Å². The molecule has 6 rings (SSSR count). The Bertz CT molecular complexity index is 1860. The number of thiophene rings is 1. The van der Waals surface area contributed by atoms with Crippen molar-refractivity contribution in [2.75, 3.05) is 0 Å². The summed E-state index contributed by atoms with van der Waals surface area (Å²) in [7, 11) is 0. The third-order valence-electron chi connectivity index (χ3n) is 7.21. The van der Waals surface area contributed by atoms with Crippen LogP contribution in [-0.4, -0.2) is 30.4 Å². The summed E-state index contributed by atoms with van der Waals surface area (Å²) in [6.45, 7) is 2.05. The zero-order valence-electron chi connectivity index (χ0n) is 22.5. The third kappa shape index (κ3) is 5.77. The van der Waals surface area contributed by atoms with E-state index in [4.69, 9.17) is 10.2 Å². The molecule has 0 amide bonds. The van der Waals surface area contributed by atoms with Crippen LogP contribution in [0.15, 0.2) is 64.9 Å². The average molecular weight is 617 g/mol. The first-order valence-electron chi connectivity index (χ1n) is 13.2. The molecule has 1 unspecified atom stereocenters. The lowest BCUT2D eigenvalue weighted by atomic mass is 9.80. The van der Waals surface area contributed by atoms with E-state index in [1.165, 1.54) is 33.7 Å². The zero-order chi connectivity index (χ0) is 29.4. The number of aryl methyl sites for hydroxylation is 1. The maximum absolute atomic E-state index is 14.8. The Labute approximate surface area is 253 Å². The number of rotatable bonds is 7. The van der Waals surface area contributed by atoms with E-state index in [2.05, 4.69) is 16.8 Å². The number of carboxylic acids is 1. The van der Waals surface area contributed by atoms with Gasteiger partial charge in [0.1, 0.15) is 0 Å². The van der Waals surface area contributed by atoms with E-state index in [0.717, 1.165) is 46.5 Å². The molecule has 11 heteroatoms. The third-order valence-corrected chi connectivity index (χ3v) is 9.70. The van der Waals surface area contributed by atoms with Crippen molar-refractivity contribution in [1.29, 1.82) is 0 Å². The van der Waals surface area contributed by atoms with E-state index in [1.54, 1.807) is 22.1 Å². The summed E-state index contributed by atoms with van der Waals surface area (Å²) in [5.41, 5.74) is 4.86. The second-order valence-electron chi connectivity index (χ2n) is 10.1. The van der Waals surface area contributed by atoms with Crippen molar-refractivity contribution in [1.82, 2.24) is 14.8 Å². The minimum atomic E-state index is -1.93. The van der Waals surface area contributed by atoms with Crippen LogP contribution >= 0.6 is 22.7 Å². The Morgan fingerprint density at radius 3 is 2.69 bits per heavy atom. The normalized spacial score (nSPS) is 13.8. The molecule has 212 valence electrons. The molecule has 0 spiro atoms. The molecule has 2 aromatic carbocycles. The van der Waals surface area contributed by atoms with Gasteiger partial charge in [0, 0.05) is 39.3 Å². The Hall–Kier alpha value is -3.79. The van der Waals surface area contributed by atoms with Gasteiger partial charge < -0.3 is 9.66 Å². The molecule has 3 heterocycles. The molecular weight excluding hydrogens is 592 g/mol. The molecule has 1 saturated carbocycles. The number of nitrogens with zero attached hydrogens (tertiary/aromatic N) is 3. The number of nitrogens with two attached hydrogens (primary N) is 1.